The normalized spacial score (nSPS) is 14.6. The van der Waals surface area contributed by atoms with Crippen LogP contribution in [0.4, 0.5) is 11.4 Å². The molecule has 0 aliphatic carbocycles. The molecule has 2 heterocycles. The zero-order valence-corrected chi connectivity index (χ0v) is 15.2. The van der Waals surface area contributed by atoms with Crippen LogP contribution in [0.5, 0.6) is 0 Å². The van der Waals surface area contributed by atoms with E-state index in [0.29, 0.717) is 13.1 Å². The number of amides is 1. The van der Waals surface area contributed by atoms with Gasteiger partial charge in [0.05, 0.1) is 9.80 Å². The van der Waals surface area contributed by atoms with Crippen LogP contribution in [0.1, 0.15) is 27.0 Å². The van der Waals surface area contributed by atoms with E-state index in [0.717, 1.165) is 30.1 Å². The van der Waals surface area contributed by atoms with Crippen LogP contribution in [0.15, 0.2) is 30.3 Å². The summed E-state index contributed by atoms with van der Waals surface area (Å²) in [7, 11) is 0. The first-order valence-electron chi connectivity index (χ1n) is 8.37. The minimum Gasteiger partial charge on any atom is -0.368 e. The van der Waals surface area contributed by atoms with Crippen LogP contribution in [0.3, 0.4) is 0 Å². The zero-order valence-electron chi connectivity index (χ0n) is 14.4. The van der Waals surface area contributed by atoms with E-state index in [9.17, 15) is 14.9 Å². The molecule has 2 aromatic rings. The van der Waals surface area contributed by atoms with Crippen molar-refractivity contribution in [2.75, 3.05) is 31.1 Å². The van der Waals surface area contributed by atoms with Gasteiger partial charge in [0, 0.05) is 48.9 Å². The van der Waals surface area contributed by atoms with Crippen LogP contribution < -0.4 is 4.90 Å². The molecule has 0 bridgehead atoms. The van der Waals surface area contributed by atoms with Gasteiger partial charge in [0.2, 0.25) is 0 Å². The summed E-state index contributed by atoms with van der Waals surface area (Å²) in [5.74, 6) is 0.108. The van der Waals surface area contributed by atoms with Crippen molar-refractivity contribution in [2.24, 2.45) is 0 Å². The fraction of sp³-hybridized carbons (Fsp3) is 0.389. The second-order valence-electron chi connectivity index (χ2n) is 6.10. The number of anilines is 1. The van der Waals surface area contributed by atoms with Crippen LogP contribution in [-0.2, 0) is 6.42 Å². The van der Waals surface area contributed by atoms with Crippen LogP contribution in [0.25, 0.3) is 0 Å². The van der Waals surface area contributed by atoms with E-state index in [1.54, 1.807) is 23.5 Å². The Hall–Kier alpha value is -2.41. The highest BCUT2D eigenvalue weighted by atomic mass is 32.1. The quantitative estimate of drug-likeness (QED) is 0.619. The molecule has 0 N–H and O–H groups in total. The van der Waals surface area contributed by atoms with Gasteiger partial charge in [-0.05, 0) is 37.1 Å². The summed E-state index contributed by atoms with van der Waals surface area (Å²) >= 11 is 1.57. The Balaban J connectivity index is 1.62. The van der Waals surface area contributed by atoms with E-state index in [4.69, 9.17) is 0 Å². The summed E-state index contributed by atoms with van der Waals surface area (Å²) in [6.07, 6.45) is 0.948. The Labute approximate surface area is 150 Å². The molecule has 1 aromatic heterocycles. The van der Waals surface area contributed by atoms with Crippen molar-refractivity contribution in [3.63, 3.8) is 0 Å². The van der Waals surface area contributed by atoms with Crippen molar-refractivity contribution in [3.05, 3.63) is 55.8 Å². The lowest BCUT2D eigenvalue weighted by atomic mass is 10.2. The molecule has 1 aliphatic heterocycles. The number of nitrogens with zero attached hydrogens (tertiary/aromatic N) is 3. The van der Waals surface area contributed by atoms with Crippen molar-refractivity contribution in [2.45, 2.75) is 20.3 Å². The molecule has 132 valence electrons. The number of benzene rings is 1. The molecule has 0 atom stereocenters. The van der Waals surface area contributed by atoms with Gasteiger partial charge in [0.1, 0.15) is 0 Å². The van der Waals surface area contributed by atoms with Gasteiger partial charge in [-0.1, -0.05) is 6.92 Å². The number of aryl methyl sites for hydroxylation is 2. The highest BCUT2D eigenvalue weighted by molar-refractivity contribution is 7.14. The van der Waals surface area contributed by atoms with Crippen molar-refractivity contribution >= 4 is 28.6 Å². The Morgan fingerprint density at radius 1 is 1.20 bits per heavy atom. The smallest absolute Gasteiger partial charge is 0.269 e. The van der Waals surface area contributed by atoms with Gasteiger partial charge in [-0.25, -0.2) is 0 Å². The SMILES string of the molecule is CCc1cc(C(=O)N2CCN(c3ccc([N+](=O)[O-])cc3)CC2)sc1C. The van der Waals surface area contributed by atoms with Crippen LogP contribution >= 0.6 is 11.3 Å². The van der Waals surface area contributed by atoms with Crippen LogP contribution in [0.2, 0.25) is 0 Å². The maximum atomic E-state index is 12.7. The monoisotopic (exact) mass is 359 g/mol. The third kappa shape index (κ3) is 3.66. The van der Waals surface area contributed by atoms with Crippen LogP contribution in [-0.4, -0.2) is 41.9 Å². The molecule has 1 amide bonds. The third-order valence-electron chi connectivity index (χ3n) is 4.60. The highest BCUT2D eigenvalue weighted by Gasteiger charge is 2.24. The first kappa shape index (κ1) is 17.4. The fourth-order valence-corrected chi connectivity index (χ4v) is 4.17. The minimum absolute atomic E-state index is 0.0948. The second-order valence-corrected chi connectivity index (χ2v) is 7.35. The second kappa shape index (κ2) is 7.23. The molecule has 0 radical (unpaired) electrons. The van der Waals surface area contributed by atoms with Gasteiger partial charge in [0.15, 0.2) is 0 Å². The lowest BCUT2D eigenvalue weighted by molar-refractivity contribution is -0.384. The average molecular weight is 359 g/mol. The summed E-state index contributed by atoms with van der Waals surface area (Å²) in [4.78, 5) is 29.1. The first-order valence-corrected chi connectivity index (χ1v) is 9.19. The molecule has 1 saturated heterocycles. The lowest BCUT2D eigenvalue weighted by Crippen LogP contribution is -2.48. The molecule has 6 nitrogen and oxygen atoms in total. The number of hydrogen-bond acceptors (Lipinski definition) is 5. The maximum Gasteiger partial charge on any atom is 0.269 e. The Morgan fingerprint density at radius 3 is 2.36 bits per heavy atom. The number of non-ortho nitro benzene ring substituents is 1. The molecule has 7 heteroatoms. The first-order chi connectivity index (χ1) is 12.0. The Kier molecular flexibility index (Phi) is 5.03. The summed E-state index contributed by atoms with van der Waals surface area (Å²) in [6.45, 7) is 6.95. The third-order valence-corrected chi connectivity index (χ3v) is 5.69. The lowest BCUT2D eigenvalue weighted by Gasteiger charge is -2.35. The minimum atomic E-state index is -0.395. The van der Waals surface area contributed by atoms with Crippen molar-refractivity contribution in [1.82, 2.24) is 4.90 Å². The molecule has 1 fully saturated rings. The molecular formula is C18H21N3O3S. The number of piperazine rings is 1. The highest BCUT2D eigenvalue weighted by Crippen LogP contribution is 2.25. The maximum absolute atomic E-state index is 12.7. The standard InChI is InChI=1S/C18H21N3O3S/c1-3-14-12-17(25-13(14)2)18(22)20-10-8-19(9-11-20)15-4-6-16(7-5-15)21(23)24/h4-7,12H,3,8-11H2,1-2H3. The zero-order chi connectivity index (χ0) is 18.0. The van der Waals surface area contributed by atoms with Crippen LogP contribution in [0, 0.1) is 17.0 Å². The molecule has 1 aliphatic rings. The summed E-state index contributed by atoms with van der Waals surface area (Å²) in [5, 5.41) is 10.7. The van der Waals surface area contributed by atoms with E-state index in [1.165, 1.54) is 22.6 Å². The number of carbonyl (C=O) groups excluding carboxylic acids is 1. The summed E-state index contributed by atoms with van der Waals surface area (Å²) in [5.41, 5.74) is 2.30. The largest absolute Gasteiger partial charge is 0.368 e. The van der Waals surface area contributed by atoms with E-state index in [1.807, 2.05) is 11.0 Å². The summed E-state index contributed by atoms with van der Waals surface area (Å²) in [6, 6.07) is 8.60. The van der Waals surface area contributed by atoms with Crippen molar-refractivity contribution in [1.29, 1.82) is 0 Å². The number of nitro groups is 1. The van der Waals surface area contributed by atoms with Gasteiger partial charge in [-0.15, -0.1) is 11.3 Å². The topological polar surface area (TPSA) is 66.7 Å². The molecule has 25 heavy (non-hydrogen) atoms. The molecule has 0 saturated carbocycles. The van der Waals surface area contributed by atoms with E-state index < -0.39 is 4.92 Å². The Bertz CT molecular complexity index is 777. The average Bonchev–Trinajstić information content (AvgIpc) is 3.02. The van der Waals surface area contributed by atoms with Gasteiger partial charge >= 0.3 is 0 Å². The van der Waals surface area contributed by atoms with Gasteiger partial charge in [0.25, 0.3) is 11.6 Å². The number of rotatable bonds is 4. The number of carbonyl (C=O) groups is 1. The number of thiophene rings is 1. The molecule has 1 aromatic carbocycles. The predicted molar refractivity (Wildman–Crippen MR) is 99.6 cm³/mol. The van der Waals surface area contributed by atoms with Crippen molar-refractivity contribution < 1.29 is 9.72 Å². The fourth-order valence-electron chi connectivity index (χ4n) is 3.08. The van der Waals surface area contributed by atoms with E-state index in [2.05, 4.69) is 18.7 Å². The molecule has 0 spiro atoms. The predicted octanol–water partition coefficient (Wildman–Crippen LogP) is 3.49. The summed E-state index contributed by atoms with van der Waals surface area (Å²) < 4.78 is 0. The number of hydrogen-bond donors (Lipinski definition) is 0. The van der Waals surface area contributed by atoms with Crippen molar-refractivity contribution in [3.8, 4) is 0 Å². The number of nitro benzene ring substituents is 1. The van der Waals surface area contributed by atoms with Gasteiger partial charge in [-0.3, -0.25) is 14.9 Å². The van der Waals surface area contributed by atoms with Gasteiger partial charge in [-0.2, -0.15) is 0 Å². The Morgan fingerprint density at radius 2 is 1.84 bits per heavy atom. The molecule has 0 unspecified atom stereocenters. The van der Waals surface area contributed by atoms with E-state index >= 15 is 0 Å². The van der Waals surface area contributed by atoms with Gasteiger partial charge < -0.3 is 9.80 Å². The molecule has 3 rings (SSSR count). The van der Waals surface area contributed by atoms with E-state index in [-0.39, 0.29) is 11.6 Å². The molecular weight excluding hydrogens is 338 g/mol.